The van der Waals surface area contributed by atoms with E-state index in [9.17, 15) is 0 Å². The minimum Gasteiger partial charge on any atom is -0.336 e. The maximum Gasteiger partial charge on any atom is 0.161 e. The molecule has 0 saturated carbocycles. The van der Waals surface area contributed by atoms with Crippen molar-refractivity contribution in [1.29, 1.82) is 0 Å². The molecule has 0 aliphatic heterocycles. The molecule has 1 aromatic carbocycles. The Morgan fingerprint density at radius 2 is 1.81 bits per heavy atom. The Balaban J connectivity index is 1.51. The van der Waals surface area contributed by atoms with Crippen LogP contribution in [0.2, 0.25) is 0 Å². The highest BCUT2D eigenvalue weighted by molar-refractivity contribution is 5.95. The van der Waals surface area contributed by atoms with Gasteiger partial charge in [0.05, 0.1) is 28.6 Å². The zero-order valence-electron chi connectivity index (χ0n) is 17.0. The van der Waals surface area contributed by atoms with E-state index in [-0.39, 0.29) is 0 Å². The Kier molecular flexibility index (Phi) is 3.73. The lowest BCUT2D eigenvalue weighted by molar-refractivity contribution is 0.768. The predicted octanol–water partition coefficient (Wildman–Crippen LogP) is 4.27. The second-order valence-corrected chi connectivity index (χ2v) is 7.58. The molecule has 6 rings (SSSR count). The number of rotatable bonds is 3. The van der Waals surface area contributed by atoms with Gasteiger partial charge in [-0.15, -0.1) is 0 Å². The van der Waals surface area contributed by atoms with Gasteiger partial charge in [-0.05, 0) is 31.2 Å². The highest BCUT2D eigenvalue weighted by Gasteiger charge is 2.17. The Hall–Kier alpha value is -4.33. The van der Waals surface area contributed by atoms with Crippen LogP contribution in [0, 0.1) is 6.92 Å². The van der Waals surface area contributed by atoms with E-state index in [1.165, 1.54) is 5.56 Å². The second-order valence-electron chi connectivity index (χ2n) is 7.58. The van der Waals surface area contributed by atoms with Crippen molar-refractivity contribution in [1.82, 2.24) is 39.9 Å². The molecule has 0 amide bonds. The maximum absolute atomic E-state index is 4.86. The zero-order chi connectivity index (χ0) is 20.9. The van der Waals surface area contributed by atoms with Crippen molar-refractivity contribution in [2.45, 2.75) is 6.92 Å². The molecule has 0 unspecified atom stereocenters. The normalized spacial score (nSPS) is 11.5. The Morgan fingerprint density at radius 3 is 2.65 bits per heavy atom. The largest absolute Gasteiger partial charge is 0.336 e. The van der Waals surface area contributed by atoms with Gasteiger partial charge in [0, 0.05) is 30.6 Å². The van der Waals surface area contributed by atoms with Gasteiger partial charge < -0.3 is 4.98 Å². The van der Waals surface area contributed by atoms with Crippen molar-refractivity contribution in [2.24, 2.45) is 7.05 Å². The van der Waals surface area contributed by atoms with E-state index in [1.807, 2.05) is 37.5 Å². The average Bonchev–Trinajstić information content (AvgIpc) is 3.50. The number of fused-ring (bicyclic) bond motifs is 2. The number of benzene rings is 1. The van der Waals surface area contributed by atoms with Crippen molar-refractivity contribution in [3.63, 3.8) is 0 Å². The summed E-state index contributed by atoms with van der Waals surface area (Å²) in [6, 6.07) is 14.1. The molecule has 8 heteroatoms. The summed E-state index contributed by atoms with van der Waals surface area (Å²) >= 11 is 0. The van der Waals surface area contributed by atoms with Crippen LogP contribution in [0.1, 0.15) is 5.56 Å². The quantitative estimate of drug-likeness (QED) is 0.457. The molecule has 2 N–H and O–H groups in total. The van der Waals surface area contributed by atoms with Gasteiger partial charge in [-0.2, -0.15) is 10.2 Å². The summed E-state index contributed by atoms with van der Waals surface area (Å²) in [5.74, 6) is 0.652. The van der Waals surface area contributed by atoms with Crippen molar-refractivity contribution in [3.05, 3.63) is 66.6 Å². The van der Waals surface area contributed by atoms with Gasteiger partial charge in [-0.25, -0.2) is 9.97 Å². The van der Waals surface area contributed by atoms with E-state index in [2.05, 4.69) is 50.4 Å². The fraction of sp³-hybridized carbons (Fsp3) is 0.0870. The fourth-order valence-electron chi connectivity index (χ4n) is 3.83. The van der Waals surface area contributed by atoms with E-state index in [4.69, 9.17) is 9.97 Å². The Bertz CT molecular complexity index is 1570. The molecule has 0 atom stereocenters. The molecule has 0 saturated heterocycles. The van der Waals surface area contributed by atoms with E-state index in [0.29, 0.717) is 11.5 Å². The lowest BCUT2D eigenvalue weighted by Gasteiger charge is -2.02. The van der Waals surface area contributed by atoms with E-state index in [1.54, 1.807) is 17.1 Å². The number of imidazole rings is 1. The molecule has 31 heavy (non-hydrogen) atoms. The number of nitrogens with zero attached hydrogens (tertiary/aromatic N) is 6. The van der Waals surface area contributed by atoms with Crippen LogP contribution in [-0.4, -0.2) is 39.9 Å². The lowest BCUT2D eigenvalue weighted by Crippen LogP contribution is -1.87. The summed E-state index contributed by atoms with van der Waals surface area (Å²) in [6.07, 6.45) is 5.53. The molecule has 5 aromatic heterocycles. The first kappa shape index (κ1) is 17.5. The zero-order valence-corrected chi connectivity index (χ0v) is 17.0. The summed E-state index contributed by atoms with van der Waals surface area (Å²) in [4.78, 5) is 17.7. The summed E-state index contributed by atoms with van der Waals surface area (Å²) in [5, 5.41) is 11.8. The van der Waals surface area contributed by atoms with Crippen molar-refractivity contribution < 1.29 is 0 Å². The molecule has 0 aliphatic carbocycles. The molecule has 0 bridgehead atoms. The number of aromatic amines is 2. The minimum absolute atomic E-state index is 0.652. The molecule has 5 heterocycles. The topological polar surface area (TPSA) is 101 Å². The van der Waals surface area contributed by atoms with Gasteiger partial charge in [0.15, 0.2) is 11.5 Å². The molecular formula is C23H18N8. The Morgan fingerprint density at radius 1 is 0.903 bits per heavy atom. The van der Waals surface area contributed by atoms with Crippen molar-refractivity contribution in [2.75, 3.05) is 0 Å². The van der Waals surface area contributed by atoms with Crippen LogP contribution in [-0.2, 0) is 7.05 Å². The highest BCUT2D eigenvalue weighted by atomic mass is 15.2. The highest BCUT2D eigenvalue weighted by Crippen LogP contribution is 2.30. The fourth-order valence-corrected chi connectivity index (χ4v) is 3.83. The summed E-state index contributed by atoms with van der Waals surface area (Å²) in [6.45, 7) is 2.07. The Labute approximate surface area is 177 Å². The van der Waals surface area contributed by atoms with Crippen LogP contribution in [0.4, 0.5) is 0 Å². The van der Waals surface area contributed by atoms with Crippen molar-refractivity contribution in [3.8, 4) is 34.0 Å². The predicted molar refractivity (Wildman–Crippen MR) is 119 cm³/mol. The maximum atomic E-state index is 4.86. The molecular weight excluding hydrogens is 388 g/mol. The first-order chi connectivity index (χ1) is 15.2. The number of pyridine rings is 2. The van der Waals surface area contributed by atoms with Crippen molar-refractivity contribution >= 4 is 22.1 Å². The molecule has 0 aliphatic rings. The average molecular weight is 406 g/mol. The first-order valence-corrected chi connectivity index (χ1v) is 9.92. The third-order valence-electron chi connectivity index (χ3n) is 5.33. The monoisotopic (exact) mass is 406 g/mol. The number of aromatic nitrogens is 8. The summed E-state index contributed by atoms with van der Waals surface area (Å²) < 4.78 is 1.76. The standard InChI is InChI=1S/C23H18N8/c1-13-4-3-5-14(10-13)19-20-17(8-9-24-19)27-23(28-20)22-21-18(29-30-22)7-6-16(26-21)15-11-25-31(2)12-15/h3-12H,1-2H3,(H,27,28)(H,29,30). The van der Waals surface area contributed by atoms with Crippen LogP contribution < -0.4 is 0 Å². The molecule has 8 nitrogen and oxygen atoms in total. The van der Waals surface area contributed by atoms with Gasteiger partial charge in [0.1, 0.15) is 11.0 Å². The van der Waals surface area contributed by atoms with Crippen LogP contribution in [0.25, 0.3) is 56.1 Å². The first-order valence-electron chi connectivity index (χ1n) is 9.92. The summed E-state index contributed by atoms with van der Waals surface area (Å²) in [5.41, 5.74) is 8.83. The minimum atomic E-state index is 0.652. The van der Waals surface area contributed by atoms with Gasteiger partial charge in [0.25, 0.3) is 0 Å². The summed E-state index contributed by atoms with van der Waals surface area (Å²) in [7, 11) is 1.89. The van der Waals surface area contributed by atoms with Gasteiger partial charge in [-0.1, -0.05) is 23.8 Å². The molecule has 150 valence electrons. The van der Waals surface area contributed by atoms with Crippen LogP contribution in [0.5, 0.6) is 0 Å². The van der Waals surface area contributed by atoms with Crippen LogP contribution in [0.3, 0.4) is 0 Å². The molecule has 6 aromatic rings. The molecule has 0 radical (unpaired) electrons. The van der Waals surface area contributed by atoms with Gasteiger partial charge >= 0.3 is 0 Å². The molecule has 0 fully saturated rings. The third kappa shape index (κ3) is 2.88. The number of hydrogen-bond donors (Lipinski definition) is 2. The van der Waals surface area contributed by atoms with E-state index >= 15 is 0 Å². The van der Waals surface area contributed by atoms with E-state index < -0.39 is 0 Å². The van der Waals surface area contributed by atoms with E-state index in [0.717, 1.165) is 44.6 Å². The van der Waals surface area contributed by atoms with Gasteiger partial charge in [0.2, 0.25) is 0 Å². The number of hydrogen-bond acceptors (Lipinski definition) is 5. The SMILES string of the molecule is Cc1cccc(-c2nccc3[nH]c(-c4n[nH]c5ccc(-c6cnn(C)c6)nc45)nc23)c1. The van der Waals surface area contributed by atoms with Gasteiger partial charge in [-0.3, -0.25) is 14.8 Å². The second kappa shape index (κ2) is 6.60. The van der Waals surface area contributed by atoms with Crippen LogP contribution >= 0.6 is 0 Å². The van der Waals surface area contributed by atoms with Crippen LogP contribution in [0.15, 0.2) is 61.1 Å². The number of aryl methyl sites for hydroxylation is 2. The number of H-pyrrole nitrogens is 2. The third-order valence-corrected chi connectivity index (χ3v) is 5.33. The number of nitrogens with one attached hydrogen (secondary N) is 2. The molecule has 0 spiro atoms. The smallest absolute Gasteiger partial charge is 0.161 e. The lowest BCUT2D eigenvalue weighted by atomic mass is 10.1.